The minimum absolute atomic E-state index is 0.0880. The van der Waals surface area contributed by atoms with E-state index in [9.17, 15) is 0 Å². The van der Waals surface area contributed by atoms with Crippen molar-refractivity contribution in [2.75, 3.05) is 0 Å². The van der Waals surface area contributed by atoms with Crippen LogP contribution in [-0.4, -0.2) is 5.11 Å². The highest BCUT2D eigenvalue weighted by atomic mass is 79.9. The third kappa shape index (κ3) is 1.55. The fourth-order valence-electron chi connectivity index (χ4n) is 0.477. The summed E-state index contributed by atoms with van der Waals surface area (Å²) in [5, 5.41) is 10.7. The molecule has 0 unspecified atom stereocenters. The zero-order valence-electron chi connectivity index (χ0n) is 4.40. The largest absolute Gasteiger partial charge is 0.392 e. The second-order valence-electron chi connectivity index (χ2n) is 1.49. The first-order chi connectivity index (χ1) is 4.25. The van der Waals surface area contributed by atoms with Crippen LogP contribution in [0.3, 0.4) is 0 Å². The lowest BCUT2D eigenvalue weighted by Crippen LogP contribution is -1.78. The molecule has 1 aromatic heterocycles. The van der Waals surface area contributed by atoms with Crippen LogP contribution in [0, 0.1) is 0 Å². The van der Waals surface area contributed by atoms with E-state index in [0.717, 1.165) is 13.8 Å². The average Bonchev–Trinajstić information content (AvgIpc) is 2.12. The Morgan fingerprint density at radius 1 is 1.56 bits per heavy atom. The van der Waals surface area contributed by atoms with Crippen molar-refractivity contribution in [2.45, 2.75) is 6.61 Å². The zero-order valence-corrected chi connectivity index (χ0v) is 8.38. The summed E-state index contributed by atoms with van der Waals surface area (Å²) in [7, 11) is 0. The third-order valence-electron chi connectivity index (χ3n) is 0.950. The van der Waals surface area contributed by atoms with Crippen LogP contribution in [0.1, 0.15) is 5.56 Å². The van der Waals surface area contributed by atoms with Gasteiger partial charge in [0.15, 0.2) is 0 Å². The number of hydrogen-bond acceptors (Lipinski definition) is 2. The van der Waals surface area contributed by atoms with E-state index in [0.29, 0.717) is 0 Å². The Bertz CT molecular complexity index is 189. The molecule has 0 spiro atoms. The van der Waals surface area contributed by atoms with Gasteiger partial charge in [0.2, 0.25) is 0 Å². The lowest BCUT2D eigenvalue weighted by Gasteiger charge is -1.90. The summed E-state index contributed by atoms with van der Waals surface area (Å²) in [5.41, 5.74) is 0.931. The first kappa shape index (κ1) is 7.72. The predicted octanol–water partition coefficient (Wildman–Crippen LogP) is 2.77. The van der Waals surface area contributed by atoms with Crippen molar-refractivity contribution in [3.63, 3.8) is 0 Å². The summed E-state index contributed by atoms with van der Waals surface area (Å²) in [5.74, 6) is 0. The molecule has 0 bridgehead atoms. The van der Waals surface area contributed by atoms with Crippen LogP contribution in [0.2, 0.25) is 0 Å². The monoisotopic (exact) mass is 270 g/mol. The molecule has 0 aliphatic heterocycles. The Morgan fingerprint density at radius 2 is 2.22 bits per heavy atom. The number of rotatable bonds is 1. The maximum absolute atomic E-state index is 8.73. The lowest BCUT2D eigenvalue weighted by molar-refractivity contribution is 0.281. The minimum Gasteiger partial charge on any atom is -0.392 e. The van der Waals surface area contributed by atoms with Crippen LogP contribution in [0.4, 0.5) is 0 Å². The van der Waals surface area contributed by atoms with Gasteiger partial charge in [-0.1, -0.05) is 0 Å². The van der Waals surface area contributed by atoms with E-state index in [2.05, 4.69) is 31.9 Å². The van der Waals surface area contributed by atoms with Gasteiger partial charge in [0.1, 0.15) is 0 Å². The van der Waals surface area contributed by atoms with Crippen LogP contribution in [-0.2, 0) is 6.61 Å². The Hall–Kier alpha value is 0.620. The van der Waals surface area contributed by atoms with Gasteiger partial charge in [-0.15, -0.1) is 11.3 Å². The molecular formula is C5H4Br2OS. The molecule has 0 radical (unpaired) electrons. The topological polar surface area (TPSA) is 20.2 Å². The van der Waals surface area contributed by atoms with Crippen molar-refractivity contribution in [3.8, 4) is 0 Å². The van der Waals surface area contributed by atoms with Gasteiger partial charge in [-0.25, -0.2) is 0 Å². The Kier molecular flexibility index (Phi) is 2.70. The fourth-order valence-corrected chi connectivity index (χ4v) is 2.76. The molecule has 0 atom stereocenters. The maximum Gasteiger partial charge on any atom is 0.0765 e. The van der Waals surface area contributed by atoms with Crippen LogP contribution in [0.5, 0.6) is 0 Å². The first-order valence-electron chi connectivity index (χ1n) is 2.28. The van der Waals surface area contributed by atoms with Crippen molar-refractivity contribution in [1.29, 1.82) is 0 Å². The van der Waals surface area contributed by atoms with E-state index in [1.54, 1.807) is 11.3 Å². The number of hydrogen-bond donors (Lipinski definition) is 1. The zero-order chi connectivity index (χ0) is 6.85. The van der Waals surface area contributed by atoms with E-state index in [1.807, 2.05) is 5.38 Å². The van der Waals surface area contributed by atoms with E-state index in [1.165, 1.54) is 0 Å². The SMILES string of the molecule is OCc1c(Br)csc1Br. The van der Waals surface area contributed by atoms with E-state index >= 15 is 0 Å². The lowest BCUT2D eigenvalue weighted by atomic mass is 10.4. The van der Waals surface area contributed by atoms with Crippen molar-refractivity contribution in [3.05, 3.63) is 19.2 Å². The molecule has 9 heavy (non-hydrogen) atoms. The average molecular weight is 272 g/mol. The Balaban J connectivity index is 3.07. The Morgan fingerprint density at radius 3 is 2.44 bits per heavy atom. The molecule has 0 aliphatic rings. The molecule has 1 nitrogen and oxygen atoms in total. The first-order valence-corrected chi connectivity index (χ1v) is 4.74. The van der Waals surface area contributed by atoms with Crippen molar-refractivity contribution in [2.24, 2.45) is 0 Å². The second-order valence-corrected chi connectivity index (χ2v) is 4.55. The van der Waals surface area contributed by atoms with Gasteiger partial charge in [-0.05, 0) is 31.9 Å². The van der Waals surface area contributed by atoms with Gasteiger partial charge in [0, 0.05) is 15.4 Å². The van der Waals surface area contributed by atoms with Crippen LogP contribution in [0.25, 0.3) is 0 Å². The highest BCUT2D eigenvalue weighted by Crippen LogP contribution is 2.31. The minimum atomic E-state index is 0.0880. The molecule has 1 N–H and O–H groups in total. The molecule has 50 valence electrons. The molecule has 0 fully saturated rings. The van der Waals surface area contributed by atoms with Crippen LogP contribution >= 0.6 is 43.2 Å². The summed E-state index contributed by atoms with van der Waals surface area (Å²) >= 11 is 8.17. The standard InChI is InChI=1S/C5H4Br2OS/c6-4-2-9-5(7)3(4)1-8/h2,8H,1H2. The van der Waals surface area contributed by atoms with Gasteiger partial charge >= 0.3 is 0 Å². The van der Waals surface area contributed by atoms with Crippen LogP contribution in [0.15, 0.2) is 13.6 Å². The van der Waals surface area contributed by atoms with Gasteiger partial charge < -0.3 is 5.11 Å². The molecule has 0 saturated heterocycles. The number of aliphatic hydroxyl groups excluding tert-OH is 1. The van der Waals surface area contributed by atoms with Gasteiger partial charge in [0.25, 0.3) is 0 Å². The number of halogens is 2. The summed E-state index contributed by atoms with van der Waals surface area (Å²) in [6, 6.07) is 0. The van der Waals surface area contributed by atoms with Crippen molar-refractivity contribution < 1.29 is 5.11 Å². The fraction of sp³-hybridized carbons (Fsp3) is 0.200. The molecule has 1 heterocycles. The predicted molar refractivity (Wildman–Crippen MR) is 45.6 cm³/mol. The summed E-state index contributed by atoms with van der Waals surface area (Å²) in [4.78, 5) is 0. The maximum atomic E-state index is 8.73. The smallest absolute Gasteiger partial charge is 0.0765 e. The van der Waals surface area contributed by atoms with Crippen LogP contribution < -0.4 is 0 Å². The highest BCUT2D eigenvalue weighted by Gasteiger charge is 2.04. The van der Waals surface area contributed by atoms with Gasteiger partial charge in [-0.3, -0.25) is 0 Å². The molecule has 0 amide bonds. The third-order valence-corrected chi connectivity index (χ3v) is 3.81. The summed E-state index contributed by atoms with van der Waals surface area (Å²) in [6.07, 6.45) is 0. The normalized spacial score (nSPS) is 10.1. The number of aliphatic hydroxyl groups is 1. The quantitative estimate of drug-likeness (QED) is 0.833. The van der Waals surface area contributed by atoms with Crippen molar-refractivity contribution in [1.82, 2.24) is 0 Å². The summed E-state index contributed by atoms with van der Waals surface area (Å²) < 4.78 is 1.97. The molecule has 4 heteroatoms. The molecule has 0 saturated carbocycles. The van der Waals surface area contributed by atoms with Crippen molar-refractivity contribution >= 4 is 43.2 Å². The van der Waals surface area contributed by atoms with Gasteiger partial charge in [-0.2, -0.15) is 0 Å². The molecule has 0 aromatic carbocycles. The molecule has 1 aromatic rings. The van der Waals surface area contributed by atoms with E-state index < -0.39 is 0 Å². The molecule has 0 aliphatic carbocycles. The summed E-state index contributed by atoms with van der Waals surface area (Å²) in [6.45, 7) is 0.0880. The second kappa shape index (κ2) is 3.14. The highest BCUT2D eigenvalue weighted by molar-refractivity contribution is 9.11. The van der Waals surface area contributed by atoms with Gasteiger partial charge in [0.05, 0.1) is 10.4 Å². The molecule has 1 rings (SSSR count). The van der Waals surface area contributed by atoms with E-state index in [-0.39, 0.29) is 6.61 Å². The number of thiophene rings is 1. The van der Waals surface area contributed by atoms with E-state index in [4.69, 9.17) is 5.11 Å². The Labute approximate surface area is 74.0 Å². The molecular weight excluding hydrogens is 268 g/mol.